The van der Waals surface area contributed by atoms with Crippen molar-refractivity contribution in [1.29, 1.82) is 0 Å². The molecular weight excluding hydrogens is 281 g/mol. The van der Waals surface area contributed by atoms with Crippen LogP contribution in [-0.2, 0) is 16.0 Å². The molecule has 4 heteroatoms. The van der Waals surface area contributed by atoms with Crippen LogP contribution in [0.4, 0.5) is 0 Å². The Morgan fingerprint density at radius 3 is 3.08 bits per heavy atom. The molecule has 0 spiro atoms. The van der Waals surface area contributed by atoms with Crippen molar-refractivity contribution < 1.29 is 9.53 Å². The lowest BCUT2D eigenvalue weighted by Gasteiger charge is -2.02. The molecule has 0 fully saturated rings. The van der Waals surface area contributed by atoms with E-state index in [1.807, 2.05) is 12.1 Å². The average molecular weight is 291 g/mol. The van der Waals surface area contributed by atoms with Gasteiger partial charge in [-0.3, -0.25) is 9.78 Å². The summed E-state index contributed by atoms with van der Waals surface area (Å²) >= 11 is 2.10. The number of nitrogens with zero attached hydrogens (tertiary/aromatic N) is 1. The molecule has 3 nitrogen and oxygen atoms in total. The molecule has 0 saturated carbocycles. The maximum absolute atomic E-state index is 11.1. The minimum atomic E-state index is -0.201. The molecule has 0 amide bonds. The molecule has 1 heterocycles. The summed E-state index contributed by atoms with van der Waals surface area (Å²) in [5.41, 5.74) is 0.918. The molecule has 0 aliphatic rings. The fraction of sp³-hybridized carbons (Fsp3) is 0.333. The van der Waals surface area contributed by atoms with Crippen molar-refractivity contribution >= 4 is 28.6 Å². The third-order valence-electron chi connectivity index (χ3n) is 1.48. The number of esters is 1. The molecule has 0 aliphatic heterocycles. The minimum Gasteiger partial charge on any atom is -0.466 e. The number of halogens is 1. The molecule has 0 aliphatic carbocycles. The third-order valence-corrected chi connectivity index (χ3v) is 2.45. The van der Waals surface area contributed by atoms with Crippen LogP contribution in [0.1, 0.15) is 12.5 Å². The maximum Gasteiger partial charge on any atom is 0.310 e. The van der Waals surface area contributed by atoms with Gasteiger partial charge in [-0.15, -0.1) is 0 Å². The van der Waals surface area contributed by atoms with Crippen LogP contribution in [0.15, 0.2) is 18.3 Å². The Hall–Kier alpha value is -0.650. The molecule has 0 N–H and O–H groups in total. The van der Waals surface area contributed by atoms with Crippen LogP contribution in [0.5, 0.6) is 0 Å². The van der Waals surface area contributed by atoms with Crippen LogP contribution in [-0.4, -0.2) is 17.6 Å². The zero-order valence-electron chi connectivity index (χ0n) is 7.29. The first-order valence-electron chi connectivity index (χ1n) is 3.99. The smallest absolute Gasteiger partial charge is 0.310 e. The average Bonchev–Trinajstić information content (AvgIpc) is 2.09. The Morgan fingerprint density at radius 1 is 1.69 bits per heavy atom. The van der Waals surface area contributed by atoms with Crippen molar-refractivity contribution in [2.45, 2.75) is 13.3 Å². The lowest BCUT2D eigenvalue weighted by Crippen LogP contribution is -2.08. The fourth-order valence-electron chi connectivity index (χ4n) is 0.919. The zero-order valence-corrected chi connectivity index (χ0v) is 9.45. The number of carbonyl (C=O) groups excluding carboxylic acids is 1. The quantitative estimate of drug-likeness (QED) is 0.484. The number of pyridine rings is 1. The molecule has 0 bridgehead atoms. The van der Waals surface area contributed by atoms with Gasteiger partial charge in [-0.1, -0.05) is 6.07 Å². The number of carbonyl (C=O) groups is 1. The summed E-state index contributed by atoms with van der Waals surface area (Å²) in [5, 5.41) is 0. The van der Waals surface area contributed by atoms with Crippen molar-refractivity contribution in [2.75, 3.05) is 6.61 Å². The molecule has 1 rings (SSSR count). The molecule has 0 saturated heterocycles. The van der Waals surface area contributed by atoms with E-state index in [2.05, 4.69) is 27.6 Å². The van der Waals surface area contributed by atoms with E-state index in [4.69, 9.17) is 4.74 Å². The topological polar surface area (TPSA) is 39.2 Å². The van der Waals surface area contributed by atoms with Gasteiger partial charge in [0.15, 0.2) is 0 Å². The second-order valence-corrected chi connectivity index (χ2v) is 3.46. The predicted octanol–water partition coefficient (Wildman–Crippen LogP) is 1.79. The SMILES string of the molecule is CCOC(=O)Cc1cccnc1I. The van der Waals surface area contributed by atoms with E-state index >= 15 is 0 Å². The standard InChI is InChI=1S/C9H10INO2/c1-2-13-8(12)6-7-4-3-5-11-9(7)10/h3-5H,2,6H2,1H3. The first-order valence-corrected chi connectivity index (χ1v) is 5.07. The Bertz CT molecular complexity index is 301. The number of hydrogen-bond acceptors (Lipinski definition) is 3. The van der Waals surface area contributed by atoms with Crippen LogP contribution < -0.4 is 0 Å². The molecule has 0 atom stereocenters. The van der Waals surface area contributed by atoms with Crippen LogP contribution in [0.2, 0.25) is 0 Å². The third kappa shape index (κ3) is 3.30. The van der Waals surface area contributed by atoms with Crippen LogP contribution in [0.25, 0.3) is 0 Å². The van der Waals surface area contributed by atoms with Crippen molar-refractivity contribution in [1.82, 2.24) is 4.98 Å². The van der Waals surface area contributed by atoms with Crippen molar-refractivity contribution in [2.24, 2.45) is 0 Å². The summed E-state index contributed by atoms with van der Waals surface area (Å²) in [5.74, 6) is -0.201. The Balaban J connectivity index is 2.63. The zero-order chi connectivity index (χ0) is 9.68. The van der Waals surface area contributed by atoms with Gasteiger partial charge in [0.1, 0.15) is 3.70 Å². The fourth-order valence-corrected chi connectivity index (χ4v) is 1.45. The summed E-state index contributed by atoms with van der Waals surface area (Å²) in [6.45, 7) is 2.22. The van der Waals surface area contributed by atoms with E-state index in [1.54, 1.807) is 13.1 Å². The summed E-state index contributed by atoms with van der Waals surface area (Å²) in [4.78, 5) is 15.2. The van der Waals surface area contributed by atoms with Gasteiger partial charge in [-0.2, -0.15) is 0 Å². The first kappa shape index (κ1) is 10.4. The molecule has 0 unspecified atom stereocenters. The monoisotopic (exact) mass is 291 g/mol. The van der Waals surface area contributed by atoms with E-state index < -0.39 is 0 Å². The van der Waals surface area contributed by atoms with Gasteiger partial charge in [-0.25, -0.2) is 0 Å². The van der Waals surface area contributed by atoms with Gasteiger partial charge < -0.3 is 4.74 Å². The highest BCUT2D eigenvalue weighted by Gasteiger charge is 2.06. The Kier molecular flexibility index (Phi) is 4.14. The van der Waals surface area contributed by atoms with Crippen LogP contribution >= 0.6 is 22.6 Å². The Labute approximate surface area is 90.6 Å². The van der Waals surface area contributed by atoms with E-state index in [-0.39, 0.29) is 5.97 Å². The van der Waals surface area contributed by atoms with Gasteiger partial charge in [0.25, 0.3) is 0 Å². The summed E-state index contributed by atoms with van der Waals surface area (Å²) in [7, 11) is 0. The minimum absolute atomic E-state index is 0.201. The molecule has 0 radical (unpaired) electrons. The lowest BCUT2D eigenvalue weighted by molar-refractivity contribution is -0.142. The molecule has 1 aromatic rings. The van der Waals surface area contributed by atoms with Gasteiger partial charge in [-0.05, 0) is 41.1 Å². The highest BCUT2D eigenvalue weighted by Crippen LogP contribution is 2.09. The van der Waals surface area contributed by atoms with Gasteiger partial charge in [0.05, 0.1) is 13.0 Å². The summed E-state index contributed by atoms with van der Waals surface area (Å²) < 4.78 is 5.69. The van der Waals surface area contributed by atoms with Crippen LogP contribution in [0.3, 0.4) is 0 Å². The lowest BCUT2D eigenvalue weighted by atomic mass is 10.2. The van der Waals surface area contributed by atoms with Crippen LogP contribution in [0, 0.1) is 3.70 Å². The Morgan fingerprint density at radius 2 is 2.46 bits per heavy atom. The van der Waals surface area contributed by atoms with Crippen molar-refractivity contribution in [3.63, 3.8) is 0 Å². The second-order valence-electron chi connectivity index (χ2n) is 2.44. The van der Waals surface area contributed by atoms with Gasteiger partial charge in [0.2, 0.25) is 0 Å². The molecule has 13 heavy (non-hydrogen) atoms. The van der Waals surface area contributed by atoms with Gasteiger partial charge >= 0.3 is 5.97 Å². The maximum atomic E-state index is 11.1. The molecule has 1 aromatic heterocycles. The predicted molar refractivity (Wildman–Crippen MR) is 57.3 cm³/mol. The summed E-state index contributed by atoms with van der Waals surface area (Å²) in [6.07, 6.45) is 2.01. The summed E-state index contributed by atoms with van der Waals surface area (Å²) in [6, 6.07) is 3.70. The van der Waals surface area contributed by atoms with E-state index in [0.717, 1.165) is 9.26 Å². The van der Waals surface area contributed by atoms with Crippen molar-refractivity contribution in [3.8, 4) is 0 Å². The number of ether oxygens (including phenoxy) is 1. The highest BCUT2D eigenvalue weighted by molar-refractivity contribution is 14.1. The molecule has 70 valence electrons. The van der Waals surface area contributed by atoms with E-state index in [1.165, 1.54) is 0 Å². The number of rotatable bonds is 3. The highest BCUT2D eigenvalue weighted by atomic mass is 127. The molecule has 0 aromatic carbocycles. The molecular formula is C9H10INO2. The number of aromatic nitrogens is 1. The largest absolute Gasteiger partial charge is 0.466 e. The van der Waals surface area contributed by atoms with E-state index in [0.29, 0.717) is 13.0 Å². The van der Waals surface area contributed by atoms with E-state index in [9.17, 15) is 4.79 Å². The first-order chi connectivity index (χ1) is 6.24. The number of hydrogen-bond donors (Lipinski definition) is 0. The second kappa shape index (κ2) is 5.16. The normalized spacial score (nSPS) is 9.69. The van der Waals surface area contributed by atoms with Gasteiger partial charge in [0, 0.05) is 6.20 Å². The van der Waals surface area contributed by atoms with Crippen molar-refractivity contribution in [3.05, 3.63) is 27.6 Å².